The van der Waals surface area contributed by atoms with Crippen molar-refractivity contribution in [3.63, 3.8) is 0 Å². The summed E-state index contributed by atoms with van der Waals surface area (Å²) in [5.74, 6) is -1.46. The van der Waals surface area contributed by atoms with Crippen LogP contribution in [0, 0.1) is 5.92 Å². The Labute approximate surface area is 612 Å². The number of ether oxygens (including phenoxy) is 4. The van der Waals surface area contributed by atoms with Crippen molar-refractivity contribution in [3.05, 3.63) is 24.3 Å². The molecule has 0 radical (unpaired) electrons. The number of phosphoric ester groups is 2. The molecule has 0 amide bonds. The van der Waals surface area contributed by atoms with Crippen LogP contribution in [-0.4, -0.2) is 96.7 Å². The number of esters is 4. The van der Waals surface area contributed by atoms with Gasteiger partial charge >= 0.3 is 39.5 Å². The Morgan fingerprint density at radius 1 is 0.310 bits per heavy atom. The molecule has 0 rings (SSSR count). The second-order valence-corrected chi connectivity index (χ2v) is 31.9. The summed E-state index contributed by atoms with van der Waals surface area (Å²) in [5.41, 5.74) is 0. The average Bonchev–Trinajstić information content (AvgIpc) is 0.919. The van der Waals surface area contributed by atoms with Gasteiger partial charge in [0.2, 0.25) is 0 Å². The summed E-state index contributed by atoms with van der Waals surface area (Å²) in [7, 11) is -9.93. The lowest BCUT2D eigenvalue weighted by Gasteiger charge is -2.21. The van der Waals surface area contributed by atoms with Crippen molar-refractivity contribution >= 4 is 39.5 Å². The number of rotatable bonds is 79. The third kappa shape index (κ3) is 73.8. The van der Waals surface area contributed by atoms with Gasteiger partial charge in [-0.3, -0.25) is 37.3 Å². The summed E-state index contributed by atoms with van der Waals surface area (Å²) < 4.78 is 68.6. The number of allylic oxidation sites excluding steroid dienone is 4. The Morgan fingerprint density at radius 3 is 0.820 bits per heavy atom. The van der Waals surface area contributed by atoms with Crippen molar-refractivity contribution in [2.45, 2.75) is 425 Å². The van der Waals surface area contributed by atoms with E-state index in [0.717, 1.165) is 116 Å². The van der Waals surface area contributed by atoms with Crippen LogP contribution in [-0.2, 0) is 65.4 Å². The third-order valence-electron chi connectivity index (χ3n) is 18.4. The van der Waals surface area contributed by atoms with E-state index in [1.54, 1.807) is 0 Å². The Bertz CT molecular complexity index is 2000. The normalized spacial score (nSPS) is 14.0. The molecule has 590 valence electrons. The van der Waals surface area contributed by atoms with Gasteiger partial charge in [0.15, 0.2) is 12.2 Å². The molecular weight excluding hydrogens is 1310 g/mol. The molecule has 0 bridgehead atoms. The first-order chi connectivity index (χ1) is 48.5. The summed E-state index contributed by atoms with van der Waals surface area (Å²) in [6.07, 6.45) is 67.7. The van der Waals surface area contributed by atoms with Gasteiger partial charge in [-0.15, -0.1) is 0 Å². The van der Waals surface area contributed by atoms with Gasteiger partial charge in [-0.05, 0) is 57.3 Å². The zero-order valence-electron chi connectivity index (χ0n) is 64.8. The van der Waals surface area contributed by atoms with E-state index in [1.165, 1.54) is 205 Å². The number of unbranched alkanes of at least 4 members (excludes halogenated alkanes) is 48. The van der Waals surface area contributed by atoms with Gasteiger partial charge in [0, 0.05) is 25.7 Å². The van der Waals surface area contributed by atoms with Gasteiger partial charge in [-0.25, -0.2) is 9.13 Å². The van der Waals surface area contributed by atoms with Crippen molar-refractivity contribution in [3.8, 4) is 0 Å². The van der Waals surface area contributed by atoms with Crippen LogP contribution in [0.1, 0.15) is 407 Å². The largest absolute Gasteiger partial charge is 0.472 e. The van der Waals surface area contributed by atoms with E-state index >= 15 is 0 Å². The molecule has 0 aromatic carbocycles. The van der Waals surface area contributed by atoms with E-state index in [9.17, 15) is 43.2 Å². The van der Waals surface area contributed by atoms with Gasteiger partial charge in [0.05, 0.1) is 26.4 Å². The number of carbonyl (C=O) groups excluding carboxylic acids is 4. The molecule has 0 spiro atoms. The molecule has 0 saturated carbocycles. The van der Waals surface area contributed by atoms with Crippen LogP contribution in [0.25, 0.3) is 0 Å². The monoisotopic (exact) mass is 1460 g/mol. The highest BCUT2D eigenvalue weighted by atomic mass is 31.2. The van der Waals surface area contributed by atoms with Crippen LogP contribution in [0.4, 0.5) is 0 Å². The molecule has 2 unspecified atom stereocenters. The predicted molar refractivity (Wildman–Crippen MR) is 409 cm³/mol. The van der Waals surface area contributed by atoms with Crippen molar-refractivity contribution in [1.29, 1.82) is 0 Å². The Kier molecular flexibility index (Phi) is 71.6. The molecule has 0 aliphatic heterocycles. The fourth-order valence-electron chi connectivity index (χ4n) is 12.0. The first-order valence-electron chi connectivity index (χ1n) is 41.5. The number of phosphoric acid groups is 2. The van der Waals surface area contributed by atoms with Gasteiger partial charge in [-0.2, -0.15) is 0 Å². The van der Waals surface area contributed by atoms with Crippen molar-refractivity contribution < 1.29 is 80.2 Å². The Balaban J connectivity index is 5.22. The fraction of sp³-hybridized carbons (Fsp3) is 0.901. The summed E-state index contributed by atoms with van der Waals surface area (Å²) in [4.78, 5) is 72.9. The van der Waals surface area contributed by atoms with E-state index in [-0.39, 0.29) is 25.7 Å². The lowest BCUT2D eigenvalue weighted by Crippen LogP contribution is -2.30. The van der Waals surface area contributed by atoms with Crippen LogP contribution in [0.2, 0.25) is 0 Å². The minimum Gasteiger partial charge on any atom is -0.462 e. The summed E-state index contributed by atoms with van der Waals surface area (Å²) in [6, 6.07) is 0. The van der Waals surface area contributed by atoms with Crippen molar-refractivity contribution in [1.82, 2.24) is 0 Å². The van der Waals surface area contributed by atoms with Gasteiger partial charge in [0.25, 0.3) is 0 Å². The van der Waals surface area contributed by atoms with Crippen LogP contribution in [0.5, 0.6) is 0 Å². The highest BCUT2D eigenvalue weighted by molar-refractivity contribution is 7.47. The van der Waals surface area contributed by atoms with Crippen LogP contribution >= 0.6 is 15.6 Å². The molecule has 5 atom stereocenters. The SMILES string of the molecule is CCCCCC/C=C\C=C/CCCCCCCC(=O)OC[C@H](COP(=O)(O)OC[C@@H](O)COP(=O)(O)OC[C@@H](COC(=O)CCCCCCCCC(C)C)OC(=O)CCCCCCCCCCCCCCCC)OC(=O)CCCCCCCCCCCCCCCCCCCCCCCC. The highest BCUT2D eigenvalue weighted by Gasteiger charge is 2.30. The number of aliphatic hydroxyl groups excluding tert-OH is 1. The second kappa shape index (κ2) is 73.4. The summed E-state index contributed by atoms with van der Waals surface area (Å²) in [6.45, 7) is 7.17. The summed E-state index contributed by atoms with van der Waals surface area (Å²) >= 11 is 0. The standard InChI is InChI=1S/C81H154O17P2/c1-6-9-12-15-18-21-24-27-30-31-32-33-34-35-36-38-41-44-47-50-57-62-67-80(85)97-76(70-91-78(83)64-59-54-48-45-42-40-37-28-25-22-19-16-13-10-7-2)72-95-99(87,88)93-68-75(82)69-94-100(89,90)96-73-77(71-92-79(84)65-60-55-52-51-53-58-63-74(4)5)98-81(86)66-61-56-49-46-43-39-29-26-23-20-17-14-11-8-3/h22,25,28,37,74-77,82H,6-21,23-24,26-27,29-36,38-73H2,1-5H3,(H,87,88)(H,89,90)/b25-22-,37-28-/t75-,76-,77-/m1/s1. The van der Waals surface area contributed by atoms with Crippen LogP contribution in [0.15, 0.2) is 24.3 Å². The maximum atomic E-state index is 13.1. The first kappa shape index (κ1) is 97.5. The van der Waals surface area contributed by atoms with Gasteiger partial charge in [-0.1, -0.05) is 354 Å². The van der Waals surface area contributed by atoms with Gasteiger partial charge in [0.1, 0.15) is 19.3 Å². The number of carbonyl (C=O) groups is 4. The molecule has 0 aliphatic rings. The van der Waals surface area contributed by atoms with Gasteiger partial charge < -0.3 is 33.8 Å². The van der Waals surface area contributed by atoms with E-state index in [0.29, 0.717) is 31.6 Å². The Hall–Kier alpha value is -2.46. The predicted octanol–water partition coefficient (Wildman–Crippen LogP) is 24.0. The molecular formula is C81H154O17P2. The molecule has 3 N–H and O–H groups in total. The molecule has 19 heteroatoms. The number of hydrogen-bond acceptors (Lipinski definition) is 15. The maximum Gasteiger partial charge on any atom is 0.472 e. The molecule has 17 nitrogen and oxygen atoms in total. The maximum absolute atomic E-state index is 13.1. The molecule has 0 heterocycles. The lowest BCUT2D eigenvalue weighted by molar-refractivity contribution is -0.161. The van der Waals surface area contributed by atoms with Crippen LogP contribution in [0.3, 0.4) is 0 Å². The van der Waals surface area contributed by atoms with E-state index in [4.69, 9.17) is 37.0 Å². The molecule has 0 fully saturated rings. The zero-order chi connectivity index (χ0) is 73.4. The minimum absolute atomic E-state index is 0.102. The smallest absolute Gasteiger partial charge is 0.462 e. The highest BCUT2D eigenvalue weighted by Crippen LogP contribution is 2.45. The average molecular weight is 1460 g/mol. The number of hydrogen-bond donors (Lipinski definition) is 3. The second-order valence-electron chi connectivity index (χ2n) is 29.0. The van der Waals surface area contributed by atoms with E-state index < -0.39 is 97.5 Å². The fourth-order valence-corrected chi connectivity index (χ4v) is 13.6. The van der Waals surface area contributed by atoms with Crippen molar-refractivity contribution in [2.24, 2.45) is 5.92 Å². The third-order valence-corrected chi connectivity index (χ3v) is 20.3. The number of aliphatic hydroxyl groups is 1. The zero-order valence-corrected chi connectivity index (χ0v) is 66.6. The molecule has 0 aromatic heterocycles. The van der Waals surface area contributed by atoms with E-state index in [1.807, 2.05) is 0 Å². The van der Waals surface area contributed by atoms with Crippen LogP contribution < -0.4 is 0 Å². The van der Waals surface area contributed by atoms with Crippen molar-refractivity contribution in [2.75, 3.05) is 39.6 Å². The molecule has 0 saturated heterocycles. The molecule has 0 aromatic rings. The minimum atomic E-state index is -4.97. The quantitative estimate of drug-likeness (QED) is 0.0169. The topological polar surface area (TPSA) is 237 Å². The molecule has 0 aliphatic carbocycles. The summed E-state index contributed by atoms with van der Waals surface area (Å²) in [5, 5.41) is 10.6. The van der Waals surface area contributed by atoms with E-state index in [2.05, 4.69) is 58.9 Å². The first-order valence-corrected chi connectivity index (χ1v) is 44.4. The molecule has 100 heavy (non-hydrogen) atoms. The lowest BCUT2D eigenvalue weighted by atomic mass is 10.0. The Morgan fingerprint density at radius 2 is 0.540 bits per heavy atom.